The molecular formula is C12H24N2O3. The van der Waals surface area contributed by atoms with Crippen molar-refractivity contribution in [1.29, 1.82) is 0 Å². The second kappa shape index (κ2) is 7.63. The van der Waals surface area contributed by atoms with Crippen molar-refractivity contribution >= 4 is 5.97 Å². The molecule has 1 aliphatic rings. The van der Waals surface area contributed by atoms with Crippen molar-refractivity contribution in [2.75, 3.05) is 45.9 Å². The fourth-order valence-corrected chi connectivity index (χ4v) is 2.25. The topological polar surface area (TPSA) is 53.0 Å². The van der Waals surface area contributed by atoms with Crippen molar-refractivity contribution in [1.82, 2.24) is 9.80 Å². The third-order valence-corrected chi connectivity index (χ3v) is 3.21. The van der Waals surface area contributed by atoms with Crippen LogP contribution in [0.4, 0.5) is 0 Å². The maximum atomic E-state index is 11.8. The number of esters is 1. The predicted octanol–water partition coefficient (Wildman–Crippen LogP) is -0.0620. The molecule has 0 aromatic rings. The van der Waals surface area contributed by atoms with Gasteiger partial charge in [-0.05, 0) is 13.3 Å². The minimum Gasteiger partial charge on any atom is -0.465 e. The van der Waals surface area contributed by atoms with Gasteiger partial charge in [-0.15, -0.1) is 0 Å². The van der Waals surface area contributed by atoms with Crippen LogP contribution in [0.15, 0.2) is 0 Å². The Kier molecular flexibility index (Phi) is 6.47. The van der Waals surface area contributed by atoms with Gasteiger partial charge in [-0.25, -0.2) is 0 Å². The minimum atomic E-state index is -0.106. The summed E-state index contributed by atoms with van der Waals surface area (Å²) in [6.07, 6.45) is 0.791. The van der Waals surface area contributed by atoms with E-state index in [1.54, 1.807) is 0 Å². The molecule has 1 heterocycles. The SMILES string of the molecule is CCOC(=O)C(CC)N1CCN(CCO)CC1. The molecule has 1 rings (SSSR count). The summed E-state index contributed by atoms with van der Waals surface area (Å²) in [5.41, 5.74) is 0. The molecule has 100 valence electrons. The van der Waals surface area contributed by atoms with E-state index in [1.807, 2.05) is 13.8 Å². The number of nitrogens with zero attached hydrogens (tertiary/aromatic N) is 2. The first kappa shape index (κ1) is 14.4. The van der Waals surface area contributed by atoms with Crippen LogP contribution in [0.25, 0.3) is 0 Å². The molecule has 0 saturated carbocycles. The van der Waals surface area contributed by atoms with E-state index in [0.717, 1.165) is 39.1 Å². The lowest BCUT2D eigenvalue weighted by atomic mass is 10.1. The molecule has 1 N–H and O–H groups in total. The fraction of sp³-hybridized carbons (Fsp3) is 0.917. The Morgan fingerprint density at radius 3 is 2.41 bits per heavy atom. The Balaban J connectivity index is 2.42. The zero-order valence-electron chi connectivity index (χ0n) is 10.9. The average Bonchev–Trinajstić information content (AvgIpc) is 2.33. The first-order valence-corrected chi connectivity index (χ1v) is 6.46. The Bertz CT molecular complexity index is 228. The summed E-state index contributed by atoms with van der Waals surface area (Å²) in [4.78, 5) is 16.2. The maximum absolute atomic E-state index is 11.8. The van der Waals surface area contributed by atoms with E-state index in [0.29, 0.717) is 6.61 Å². The van der Waals surface area contributed by atoms with Gasteiger partial charge in [0.15, 0.2) is 0 Å². The maximum Gasteiger partial charge on any atom is 0.323 e. The summed E-state index contributed by atoms with van der Waals surface area (Å²) in [5.74, 6) is -0.106. The molecule has 1 fully saturated rings. The predicted molar refractivity (Wildman–Crippen MR) is 65.8 cm³/mol. The van der Waals surface area contributed by atoms with Gasteiger partial charge in [0.05, 0.1) is 13.2 Å². The largest absolute Gasteiger partial charge is 0.465 e. The van der Waals surface area contributed by atoms with Gasteiger partial charge in [0, 0.05) is 32.7 Å². The summed E-state index contributed by atoms with van der Waals surface area (Å²) in [6.45, 7) is 8.80. The molecule has 17 heavy (non-hydrogen) atoms. The number of rotatable bonds is 6. The van der Waals surface area contributed by atoms with E-state index in [1.165, 1.54) is 0 Å². The number of carbonyl (C=O) groups excluding carboxylic acids is 1. The molecule has 5 nitrogen and oxygen atoms in total. The third-order valence-electron chi connectivity index (χ3n) is 3.21. The lowest BCUT2D eigenvalue weighted by Crippen LogP contribution is -2.53. The second-order valence-corrected chi connectivity index (χ2v) is 4.28. The van der Waals surface area contributed by atoms with Crippen LogP contribution >= 0.6 is 0 Å². The van der Waals surface area contributed by atoms with Crippen LogP contribution in [-0.4, -0.2) is 72.9 Å². The third kappa shape index (κ3) is 4.26. The Hall–Kier alpha value is -0.650. The molecular weight excluding hydrogens is 220 g/mol. The van der Waals surface area contributed by atoms with Crippen molar-refractivity contribution in [3.63, 3.8) is 0 Å². The van der Waals surface area contributed by atoms with Gasteiger partial charge in [0.1, 0.15) is 6.04 Å². The van der Waals surface area contributed by atoms with E-state index in [4.69, 9.17) is 9.84 Å². The normalized spacial score (nSPS) is 20.2. The molecule has 5 heteroatoms. The molecule has 0 amide bonds. The van der Waals surface area contributed by atoms with Crippen LogP contribution < -0.4 is 0 Å². The van der Waals surface area contributed by atoms with Gasteiger partial charge in [-0.2, -0.15) is 0 Å². The quantitative estimate of drug-likeness (QED) is 0.663. The molecule has 0 spiro atoms. The average molecular weight is 244 g/mol. The highest BCUT2D eigenvalue weighted by Crippen LogP contribution is 2.10. The number of aliphatic hydroxyl groups is 1. The molecule has 1 aliphatic heterocycles. The summed E-state index contributed by atoms with van der Waals surface area (Å²) in [7, 11) is 0. The first-order chi connectivity index (χ1) is 8.22. The monoisotopic (exact) mass is 244 g/mol. The Morgan fingerprint density at radius 1 is 1.29 bits per heavy atom. The smallest absolute Gasteiger partial charge is 0.323 e. The summed E-state index contributed by atoms with van der Waals surface area (Å²) in [6, 6.07) is -0.105. The molecule has 0 bridgehead atoms. The van der Waals surface area contributed by atoms with Crippen LogP contribution in [0, 0.1) is 0 Å². The Morgan fingerprint density at radius 2 is 1.94 bits per heavy atom. The second-order valence-electron chi connectivity index (χ2n) is 4.28. The summed E-state index contributed by atoms with van der Waals surface area (Å²) < 4.78 is 5.09. The number of aliphatic hydroxyl groups excluding tert-OH is 1. The van der Waals surface area contributed by atoms with Gasteiger partial charge in [-0.3, -0.25) is 14.6 Å². The van der Waals surface area contributed by atoms with Crippen molar-refractivity contribution in [3.05, 3.63) is 0 Å². The zero-order valence-corrected chi connectivity index (χ0v) is 10.9. The number of hydrogen-bond donors (Lipinski definition) is 1. The van der Waals surface area contributed by atoms with Crippen molar-refractivity contribution in [3.8, 4) is 0 Å². The van der Waals surface area contributed by atoms with Gasteiger partial charge >= 0.3 is 5.97 Å². The molecule has 1 saturated heterocycles. The van der Waals surface area contributed by atoms with E-state index in [2.05, 4.69) is 9.80 Å². The van der Waals surface area contributed by atoms with E-state index < -0.39 is 0 Å². The van der Waals surface area contributed by atoms with E-state index in [9.17, 15) is 4.79 Å². The van der Waals surface area contributed by atoms with Gasteiger partial charge in [-0.1, -0.05) is 6.92 Å². The lowest BCUT2D eigenvalue weighted by molar-refractivity contribution is -0.150. The van der Waals surface area contributed by atoms with Crippen molar-refractivity contribution in [2.45, 2.75) is 26.3 Å². The van der Waals surface area contributed by atoms with E-state index >= 15 is 0 Å². The highest BCUT2D eigenvalue weighted by Gasteiger charge is 2.28. The fourth-order valence-electron chi connectivity index (χ4n) is 2.25. The number of ether oxygens (including phenoxy) is 1. The number of hydrogen-bond acceptors (Lipinski definition) is 5. The molecule has 1 atom stereocenters. The van der Waals surface area contributed by atoms with Crippen LogP contribution in [-0.2, 0) is 9.53 Å². The molecule has 0 radical (unpaired) electrons. The minimum absolute atomic E-state index is 0.105. The van der Waals surface area contributed by atoms with Crippen molar-refractivity contribution < 1.29 is 14.6 Å². The Labute approximate surface area is 103 Å². The van der Waals surface area contributed by atoms with Crippen molar-refractivity contribution in [2.24, 2.45) is 0 Å². The number of carbonyl (C=O) groups is 1. The lowest BCUT2D eigenvalue weighted by Gasteiger charge is -2.37. The highest BCUT2D eigenvalue weighted by molar-refractivity contribution is 5.75. The van der Waals surface area contributed by atoms with Gasteiger partial charge in [0.2, 0.25) is 0 Å². The molecule has 0 aromatic carbocycles. The number of piperazine rings is 1. The van der Waals surface area contributed by atoms with E-state index in [-0.39, 0.29) is 18.6 Å². The number of β-amino-alcohol motifs (C(OH)–C–C–N with tert-alkyl or cyclic N) is 1. The first-order valence-electron chi connectivity index (χ1n) is 6.46. The molecule has 0 aromatic heterocycles. The van der Waals surface area contributed by atoms with Crippen LogP contribution in [0.2, 0.25) is 0 Å². The van der Waals surface area contributed by atoms with Crippen LogP contribution in [0.3, 0.4) is 0 Å². The van der Waals surface area contributed by atoms with Crippen LogP contribution in [0.1, 0.15) is 20.3 Å². The van der Waals surface area contributed by atoms with Crippen LogP contribution in [0.5, 0.6) is 0 Å². The molecule has 1 unspecified atom stereocenters. The van der Waals surface area contributed by atoms with Gasteiger partial charge < -0.3 is 9.84 Å². The molecule has 0 aliphatic carbocycles. The zero-order chi connectivity index (χ0) is 12.7. The highest BCUT2D eigenvalue weighted by atomic mass is 16.5. The summed E-state index contributed by atoms with van der Waals surface area (Å²) in [5, 5.41) is 8.87. The summed E-state index contributed by atoms with van der Waals surface area (Å²) >= 11 is 0. The van der Waals surface area contributed by atoms with Gasteiger partial charge in [0.25, 0.3) is 0 Å². The standard InChI is InChI=1S/C12H24N2O3/c1-3-11(12(16)17-4-2)14-7-5-13(6-8-14)9-10-15/h11,15H,3-10H2,1-2H3.